The summed E-state index contributed by atoms with van der Waals surface area (Å²) in [6.07, 6.45) is -1.99. The Bertz CT molecular complexity index is 1200. The number of benzene rings is 3. The van der Waals surface area contributed by atoms with Gasteiger partial charge in [0.05, 0.1) is 39.1 Å². The number of carbonyl (C=O) groups excluding carboxylic acids is 1. The van der Waals surface area contributed by atoms with Crippen molar-refractivity contribution in [2.75, 3.05) is 26.9 Å². The third kappa shape index (κ3) is 9.61. The van der Waals surface area contributed by atoms with Gasteiger partial charge in [0.2, 0.25) is 3.79 Å². The molecule has 0 bridgehead atoms. The lowest BCUT2D eigenvalue weighted by molar-refractivity contribution is -0.000967. The van der Waals surface area contributed by atoms with Gasteiger partial charge in [0.15, 0.2) is 0 Å². The number of rotatable bonds is 13. The molecule has 0 saturated heterocycles. The van der Waals surface area contributed by atoms with Gasteiger partial charge in [-0.2, -0.15) is 0 Å². The molecule has 0 aromatic heterocycles. The van der Waals surface area contributed by atoms with Gasteiger partial charge in [-0.05, 0) is 33.1 Å². The highest BCUT2D eigenvalue weighted by molar-refractivity contribution is 6.99. The van der Waals surface area contributed by atoms with E-state index in [2.05, 4.69) is 50.4 Å². The van der Waals surface area contributed by atoms with Crippen molar-refractivity contribution in [1.82, 2.24) is 5.32 Å². The van der Waals surface area contributed by atoms with E-state index in [4.69, 9.17) is 53.4 Å². The lowest BCUT2D eigenvalue weighted by Gasteiger charge is -2.44. The molecule has 228 valence electrons. The number of carbonyl (C=O) groups is 1. The second kappa shape index (κ2) is 15.4. The van der Waals surface area contributed by atoms with Crippen LogP contribution in [0.5, 0.6) is 5.75 Å². The van der Waals surface area contributed by atoms with E-state index in [0.717, 1.165) is 21.7 Å². The van der Waals surface area contributed by atoms with Gasteiger partial charge in [-0.3, -0.25) is 0 Å². The molecule has 3 aromatic rings. The fraction of sp³-hybridized carbons (Fsp3) is 0.387. The fourth-order valence-corrected chi connectivity index (χ4v) is 9.45. The van der Waals surface area contributed by atoms with E-state index < -0.39 is 37.0 Å². The maximum absolute atomic E-state index is 12.7. The average Bonchev–Trinajstić information content (AvgIpc) is 2.96. The van der Waals surface area contributed by atoms with E-state index in [1.807, 2.05) is 60.7 Å². The molecular weight excluding hydrogens is 617 g/mol. The maximum atomic E-state index is 12.7. The Morgan fingerprint density at radius 1 is 0.881 bits per heavy atom. The molecule has 0 radical (unpaired) electrons. The third-order valence-corrected chi connectivity index (χ3v) is 12.1. The van der Waals surface area contributed by atoms with E-state index >= 15 is 0 Å². The lowest BCUT2D eigenvalue weighted by Crippen LogP contribution is -2.68. The molecule has 0 aliphatic rings. The number of alkyl halides is 3. The van der Waals surface area contributed by atoms with Crippen LogP contribution < -0.4 is 20.4 Å². The second-order valence-corrected chi connectivity index (χ2v) is 17.7. The smallest absolute Gasteiger partial charge is 0.407 e. The largest absolute Gasteiger partial charge is 0.497 e. The van der Waals surface area contributed by atoms with Crippen LogP contribution >= 0.6 is 34.8 Å². The number of nitrogens with one attached hydrogen (secondary N) is 1. The zero-order valence-electron chi connectivity index (χ0n) is 24.2. The van der Waals surface area contributed by atoms with Crippen molar-refractivity contribution in [3.63, 3.8) is 0 Å². The summed E-state index contributed by atoms with van der Waals surface area (Å²) in [4.78, 5) is 12.7. The van der Waals surface area contributed by atoms with Gasteiger partial charge >= 0.3 is 6.09 Å². The average molecular weight is 655 g/mol. The van der Waals surface area contributed by atoms with Gasteiger partial charge in [-0.25, -0.2) is 4.79 Å². The molecule has 2 N–H and O–H groups in total. The van der Waals surface area contributed by atoms with Crippen LogP contribution in [0.3, 0.4) is 0 Å². The number of halogens is 3. The van der Waals surface area contributed by atoms with Crippen molar-refractivity contribution < 1.29 is 28.5 Å². The minimum atomic E-state index is -2.97. The number of amides is 1. The van der Waals surface area contributed by atoms with Crippen LogP contribution in [-0.2, 0) is 20.5 Å². The van der Waals surface area contributed by atoms with E-state index in [1.165, 1.54) is 0 Å². The quantitative estimate of drug-likeness (QED) is 0.184. The van der Waals surface area contributed by atoms with E-state index in [-0.39, 0.29) is 24.9 Å². The highest BCUT2D eigenvalue weighted by atomic mass is 35.6. The topological polar surface area (TPSA) is 86.3 Å². The van der Waals surface area contributed by atoms with Crippen LogP contribution in [0.2, 0.25) is 5.04 Å². The zero-order chi connectivity index (χ0) is 30.8. The number of ether oxygens (including phenoxy) is 3. The Morgan fingerprint density at radius 3 is 1.90 bits per heavy atom. The molecule has 0 spiro atoms. The van der Waals surface area contributed by atoms with Crippen LogP contribution in [0.15, 0.2) is 84.9 Å². The molecule has 0 aliphatic carbocycles. The van der Waals surface area contributed by atoms with Crippen molar-refractivity contribution >= 4 is 59.6 Å². The van der Waals surface area contributed by atoms with Crippen LogP contribution in [0.1, 0.15) is 26.3 Å². The molecule has 0 fully saturated rings. The number of aliphatic hydroxyl groups excluding tert-OH is 1. The predicted molar refractivity (Wildman–Crippen MR) is 171 cm³/mol. The van der Waals surface area contributed by atoms with Gasteiger partial charge in [0, 0.05) is 0 Å². The number of hydrogen-bond acceptors (Lipinski definition) is 6. The Balaban J connectivity index is 1.85. The SMILES string of the molecule is COc1ccc(COC[C@@H](O)[C@@H](CO[Si](c2ccccc2)(c2ccccc2)C(C)(C)C)NC(=O)OCC(Cl)(Cl)Cl)cc1. The second-order valence-electron chi connectivity index (χ2n) is 10.8. The molecule has 3 rings (SSSR count). The zero-order valence-corrected chi connectivity index (χ0v) is 27.5. The Kier molecular flexibility index (Phi) is 12.6. The van der Waals surface area contributed by atoms with E-state index in [9.17, 15) is 9.90 Å². The van der Waals surface area contributed by atoms with Crippen LogP contribution in [0.4, 0.5) is 4.79 Å². The molecule has 0 heterocycles. The number of aliphatic hydroxyl groups is 1. The highest BCUT2D eigenvalue weighted by Gasteiger charge is 2.50. The minimum absolute atomic E-state index is 0.0246. The van der Waals surface area contributed by atoms with Crippen molar-refractivity contribution in [1.29, 1.82) is 0 Å². The van der Waals surface area contributed by atoms with Gasteiger partial charge in [0.1, 0.15) is 12.4 Å². The summed E-state index contributed by atoms with van der Waals surface area (Å²) in [5, 5.41) is 15.7. The lowest BCUT2D eigenvalue weighted by atomic mass is 10.2. The molecular formula is C31H38Cl3NO6Si. The number of methoxy groups -OCH3 is 1. The predicted octanol–water partition coefficient (Wildman–Crippen LogP) is 5.61. The summed E-state index contributed by atoms with van der Waals surface area (Å²) in [7, 11) is -1.37. The van der Waals surface area contributed by atoms with Gasteiger partial charge in [0.25, 0.3) is 8.32 Å². The van der Waals surface area contributed by atoms with Crippen LogP contribution in [0, 0.1) is 0 Å². The first-order chi connectivity index (χ1) is 19.9. The molecule has 0 unspecified atom stereocenters. The first-order valence-corrected chi connectivity index (χ1v) is 16.5. The van der Waals surface area contributed by atoms with Gasteiger partial charge in [-0.1, -0.05) is 128 Å². The summed E-state index contributed by atoms with van der Waals surface area (Å²) in [6.45, 7) is 6.12. The highest BCUT2D eigenvalue weighted by Crippen LogP contribution is 2.37. The summed E-state index contributed by atoms with van der Waals surface area (Å²) in [6, 6.07) is 26.7. The molecule has 0 saturated carbocycles. The summed E-state index contributed by atoms with van der Waals surface area (Å²) in [5.74, 6) is 0.733. The summed E-state index contributed by atoms with van der Waals surface area (Å²) >= 11 is 17.3. The Labute approximate surface area is 264 Å². The first-order valence-electron chi connectivity index (χ1n) is 13.5. The third-order valence-electron chi connectivity index (χ3n) is 6.75. The normalized spacial score (nSPS) is 13.7. The van der Waals surface area contributed by atoms with E-state index in [1.54, 1.807) is 7.11 Å². The van der Waals surface area contributed by atoms with Crippen LogP contribution in [0.25, 0.3) is 0 Å². The monoisotopic (exact) mass is 653 g/mol. The molecule has 7 nitrogen and oxygen atoms in total. The number of alkyl carbamates (subject to hydrolysis) is 1. The fourth-order valence-electron chi connectivity index (χ4n) is 4.70. The number of hydrogen-bond donors (Lipinski definition) is 2. The molecule has 2 atom stereocenters. The van der Waals surface area contributed by atoms with Crippen molar-refractivity contribution in [3.8, 4) is 5.75 Å². The van der Waals surface area contributed by atoms with Crippen LogP contribution in [-0.4, -0.2) is 62.4 Å². The first kappa shape index (κ1) is 34.2. The van der Waals surface area contributed by atoms with Crippen molar-refractivity contribution in [3.05, 3.63) is 90.5 Å². The molecule has 3 aromatic carbocycles. The van der Waals surface area contributed by atoms with Crippen molar-refractivity contribution in [2.45, 2.75) is 48.4 Å². The molecule has 11 heteroatoms. The van der Waals surface area contributed by atoms with Gasteiger partial charge < -0.3 is 29.1 Å². The maximum Gasteiger partial charge on any atom is 0.407 e. The Hall–Kier alpha value is -2.30. The molecule has 42 heavy (non-hydrogen) atoms. The summed E-state index contributed by atoms with van der Waals surface area (Å²) in [5.41, 5.74) is 0.901. The summed E-state index contributed by atoms with van der Waals surface area (Å²) < 4.78 is 21.3. The van der Waals surface area contributed by atoms with E-state index in [0.29, 0.717) is 0 Å². The Morgan fingerprint density at radius 2 is 1.43 bits per heavy atom. The van der Waals surface area contributed by atoms with Crippen molar-refractivity contribution in [2.24, 2.45) is 0 Å². The molecule has 0 aliphatic heterocycles. The minimum Gasteiger partial charge on any atom is -0.497 e. The standard InChI is InChI=1S/C31H38Cl3NO6Si/c1-30(2,3)42(25-11-7-5-8-12-25,26-13-9-6-10-14-26)41-20-27(35-29(37)40-22-31(32,33)34)28(36)21-39-19-23-15-17-24(38-4)18-16-23/h5-18,27-28,36H,19-22H2,1-4H3,(H,35,37)/t27-,28-/m1/s1. The molecule has 1 amide bonds. The van der Waals surface area contributed by atoms with Gasteiger partial charge in [-0.15, -0.1) is 0 Å².